The predicted molar refractivity (Wildman–Crippen MR) is 230 cm³/mol. The molecule has 2 rings (SSSR count). The first kappa shape index (κ1) is 51.0. The number of hydrogen-bond acceptors (Lipinski definition) is 12. The highest BCUT2D eigenvalue weighted by Crippen LogP contribution is 2.11. The Kier molecular flexibility index (Phi) is 22.8. The number of thiol groups is 2. The second kappa shape index (κ2) is 26.8. The summed E-state index contributed by atoms with van der Waals surface area (Å²) in [6.07, 6.45) is 0.151. The van der Waals surface area contributed by atoms with Crippen LogP contribution >= 0.6 is 25.3 Å². The van der Waals surface area contributed by atoms with Crippen LogP contribution < -0.4 is 43.4 Å². The van der Waals surface area contributed by atoms with Crippen LogP contribution in [0.25, 0.3) is 0 Å². The maximum atomic E-state index is 13.9. The monoisotopic (exact) mass is 874 g/mol. The molecular weight excluding hydrogens is 817 g/mol. The Morgan fingerprint density at radius 3 is 1.43 bits per heavy atom. The lowest BCUT2D eigenvalue weighted by molar-refractivity contribution is -0.142. The van der Waals surface area contributed by atoms with Crippen molar-refractivity contribution >= 4 is 72.6 Å². The van der Waals surface area contributed by atoms with Gasteiger partial charge in [0, 0.05) is 24.3 Å². The molecule has 0 aliphatic rings. The SMILES string of the molecule is CC(C)C[C@H](NC(=O)[C@H](Cc1ccccc1)NC(=O)[C@H](CC(=O)O)NC(=O)[C@H](CS)NC(=O)[C@H](Cc1ccccc1)NC(=O)[C@@H](N)CS)C(=O)N[C@@H](CCCCN)C(=O)O. The fraction of sp³-hybridized carbons (Fsp3) is 0.500. The third-order valence-corrected chi connectivity index (χ3v) is 9.85. The molecule has 18 nitrogen and oxygen atoms in total. The Hall–Kier alpha value is -5.18. The first-order chi connectivity index (χ1) is 28.5. The molecule has 12 N–H and O–H groups in total. The van der Waals surface area contributed by atoms with Gasteiger partial charge in [-0.15, -0.1) is 0 Å². The third kappa shape index (κ3) is 18.4. The van der Waals surface area contributed by atoms with Crippen molar-refractivity contribution < 1.29 is 48.6 Å². The van der Waals surface area contributed by atoms with Gasteiger partial charge in [-0.2, -0.15) is 25.3 Å². The van der Waals surface area contributed by atoms with Gasteiger partial charge in [-0.05, 0) is 49.3 Å². The van der Waals surface area contributed by atoms with E-state index < -0.39 is 96.1 Å². The van der Waals surface area contributed by atoms with Crippen LogP contribution in [0, 0.1) is 5.92 Å². The van der Waals surface area contributed by atoms with Crippen LogP contribution in [0.1, 0.15) is 57.1 Å². The van der Waals surface area contributed by atoms with Crippen LogP contribution in [0.2, 0.25) is 0 Å². The number of carboxylic acid groups (broad SMARTS) is 2. The molecule has 0 aliphatic heterocycles. The van der Waals surface area contributed by atoms with Gasteiger partial charge in [0.05, 0.1) is 12.5 Å². The highest BCUT2D eigenvalue weighted by atomic mass is 32.1. The summed E-state index contributed by atoms with van der Waals surface area (Å²) in [5.41, 5.74) is 12.6. The topological polar surface area (TPSA) is 301 Å². The van der Waals surface area contributed by atoms with Gasteiger partial charge in [-0.1, -0.05) is 74.5 Å². The van der Waals surface area contributed by atoms with Gasteiger partial charge in [0.15, 0.2) is 0 Å². The minimum absolute atomic E-state index is 0.00881. The average molecular weight is 875 g/mol. The first-order valence-corrected chi connectivity index (χ1v) is 20.8. The normalized spacial score (nSPS) is 14.5. The summed E-state index contributed by atoms with van der Waals surface area (Å²) in [4.78, 5) is 105. The number of hydrogen-bond donors (Lipinski definition) is 12. The number of carbonyl (C=O) groups excluding carboxylic acids is 6. The van der Waals surface area contributed by atoms with Crippen molar-refractivity contribution in [1.82, 2.24) is 31.9 Å². The number of unbranched alkanes of at least 4 members (excludes halogenated alkanes) is 1. The zero-order valence-corrected chi connectivity index (χ0v) is 35.5. The second-order valence-corrected chi connectivity index (χ2v) is 15.3. The highest BCUT2D eigenvalue weighted by molar-refractivity contribution is 7.80. The minimum atomic E-state index is -1.77. The van der Waals surface area contributed by atoms with Crippen molar-refractivity contribution in [2.45, 2.75) is 101 Å². The summed E-state index contributed by atoms with van der Waals surface area (Å²) in [6.45, 7) is 3.93. The van der Waals surface area contributed by atoms with E-state index in [0.717, 1.165) is 0 Å². The fourth-order valence-corrected chi connectivity index (χ4v) is 6.30. The van der Waals surface area contributed by atoms with E-state index in [1.807, 2.05) is 0 Å². The quantitative estimate of drug-likeness (QED) is 0.0392. The molecule has 0 unspecified atom stereocenters. The van der Waals surface area contributed by atoms with Gasteiger partial charge in [0.1, 0.15) is 36.3 Å². The summed E-state index contributed by atoms with van der Waals surface area (Å²) in [5, 5.41) is 34.5. The van der Waals surface area contributed by atoms with Crippen molar-refractivity contribution in [3.8, 4) is 0 Å². The Bertz CT molecular complexity index is 1740. The first-order valence-electron chi connectivity index (χ1n) is 19.5. The van der Waals surface area contributed by atoms with Crippen LogP contribution in [-0.2, 0) is 51.2 Å². The second-order valence-electron chi connectivity index (χ2n) is 14.6. The largest absolute Gasteiger partial charge is 0.481 e. The molecule has 0 bridgehead atoms. The molecule has 60 heavy (non-hydrogen) atoms. The summed E-state index contributed by atoms with van der Waals surface area (Å²) >= 11 is 8.22. The highest BCUT2D eigenvalue weighted by Gasteiger charge is 2.34. The Morgan fingerprint density at radius 2 is 0.983 bits per heavy atom. The molecule has 0 saturated heterocycles. The Balaban J connectivity index is 2.34. The summed E-state index contributed by atoms with van der Waals surface area (Å²) in [7, 11) is 0. The number of carbonyl (C=O) groups is 8. The molecule has 0 radical (unpaired) electrons. The molecule has 2 aromatic rings. The summed E-state index contributed by atoms with van der Waals surface area (Å²) in [5.74, 6) is -8.33. The maximum Gasteiger partial charge on any atom is 0.326 e. The van der Waals surface area contributed by atoms with E-state index in [1.54, 1.807) is 74.5 Å². The number of rotatable bonds is 27. The van der Waals surface area contributed by atoms with Crippen LogP contribution in [0.5, 0.6) is 0 Å². The molecular formula is C40H58N8O10S2. The van der Waals surface area contributed by atoms with Crippen LogP contribution in [-0.4, -0.2) is 118 Å². The zero-order valence-electron chi connectivity index (χ0n) is 33.7. The van der Waals surface area contributed by atoms with Gasteiger partial charge < -0.3 is 53.6 Å². The van der Waals surface area contributed by atoms with Gasteiger partial charge in [0.2, 0.25) is 35.4 Å². The smallest absolute Gasteiger partial charge is 0.326 e. The number of aliphatic carboxylic acids is 2. The lowest BCUT2D eigenvalue weighted by atomic mass is 10.00. The fourth-order valence-electron chi connectivity index (χ4n) is 5.87. The van der Waals surface area contributed by atoms with Gasteiger partial charge in [0.25, 0.3) is 0 Å². The van der Waals surface area contributed by atoms with E-state index in [2.05, 4.69) is 57.2 Å². The van der Waals surface area contributed by atoms with Crippen molar-refractivity contribution in [1.29, 1.82) is 0 Å². The predicted octanol–water partition coefficient (Wildman–Crippen LogP) is -0.698. The standard InChI is InChI=1S/C40H58N8O10S2/c1-23(2)17-28(35(52)43-27(40(57)58)15-9-10-16-41)45-36(53)30(19-25-13-7-4-8-14-25)46-38(55)31(20-33(49)50)47-39(56)32(22-60)48-37(54)29(44-34(51)26(42)21-59)18-24-11-5-3-6-12-24/h3-8,11-14,23,26-32,59-60H,9-10,15-22,41-42H2,1-2H3,(H,43,52)(H,44,51)(H,45,53)(H,46,55)(H,47,56)(H,48,54)(H,49,50)(H,57,58)/t26-,27-,28-,29-,30-,31-,32-/m0/s1. The maximum absolute atomic E-state index is 13.9. The van der Waals surface area contributed by atoms with Crippen molar-refractivity contribution in [2.75, 3.05) is 18.1 Å². The molecule has 0 saturated carbocycles. The lowest BCUT2D eigenvalue weighted by Crippen LogP contribution is -2.61. The van der Waals surface area contributed by atoms with E-state index in [0.29, 0.717) is 30.5 Å². The molecule has 0 fully saturated rings. The molecule has 7 atom stereocenters. The van der Waals surface area contributed by atoms with Gasteiger partial charge >= 0.3 is 11.9 Å². The van der Waals surface area contributed by atoms with Crippen LogP contribution in [0.3, 0.4) is 0 Å². The van der Waals surface area contributed by atoms with E-state index in [9.17, 15) is 48.6 Å². The molecule has 6 amide bonds. The number of amides is 6. The zero-order chi connectivity index (χ0) is 44.8. The molecule has 330 valence electrons. The number of nitrogens with two attached hydrogens (primary N) is 2. The van der Waals surface area contributed by atoms with Crippen LogP contribution in [0.15, 0.2) is 60.7 Å². The van der Waals surface area contributed by atoms with E-state index in [4.69, 9.17) is 11.5 Å². The molecule has 0 aromatic heterocycles. The van der Waals surface area contributed by atoms with Gasteiger partial charge in [-0.25, -0.2) is 4.79 Å². The molecule has 0 aliphatic carbocycles. The third-order valence-electron chi connectivity index (χ3n) is 9.09. The van der Waals surface area contributed by atoms with E-state index in [1.165, 1.54) is 0 Å². The van der Waals surface area contributed by atoms with Gasteiger partial charge in [-0.3, -0.25) is 33.6 Å². The van der Waals surface area contributed by atoms with Crippen LogP contribution in [0.4, 0.5) is 0 Å². The van der Waals surface area contributed by atoms with E-state index >= 15 is 0 Å². The Labute approximate surface area is 360 Å². The minimum Gasteiger partial charge on any atom is -0.481 e. The number of nitrogens with one attached hydrogen (secondary N) is 6. The molecule has 0 spiro atoms. The van der Waals surface area contributed by atoms with E-state index in [-0.39, 0.29) is 43.1 Å². The number of carboxylic acids is 2. The molecule has 2 aromatic carbocycles. The Morgan fingerprint density at radius 1 is 0.567 bits per heavy atom. The van der Waals surface area contributed by atoms with Crippen molar-refractivity contribution in [3.63, 3.8) is 0 Å². The molecule has 20 heteroatoms. The summed E-state index contributed by atoms with van der Waals surface area (Å²) < 4.78 is 0. The van der Waals surface area contributed by atoms with Crippen molar-refractivity contribution in [3.05, 3.63) is 71.8 Å². The average Bonchev–Trinajstić information content (AvgIpc) is 3.21. The summed E-state index contributed by atoms with van der Waals surface area (Å²) in [6, 6.07) is 7.87. The molecule has 0 heterocycles. The lowest BCUT2D eigenvalue weighted by Gasteiger charge is -2.27. The van der Waals surface area contributed by atoms with Crippen molar-refractivity contribution in [2.24, 2.45) is 17.4 Å². The number of benzene rings is 2.